The quantitative estimate of drug-likeness (QED) is 0.226. The molecule has 6 nitrogen and oxygen atoms in total. The van der Waals surface area contributed by atoms with Gasteiger partial charge in [0.05, 0.1) is 29.0 Å². The number of rotatable bonds is 5. The number of hydrogen-bond donors (Lipinski definition) is 0. The van der Waals surface area contributed by atoms with Crippen LogP contribution >= 0.6 is 33.9 Å². The monoisotopic (exact) mass is 637 g/mol. The van der Waals surface area contributed by atoms with E-state index in [4.69, 9.17) is 9.73 Å². The largest absolute Gasteiger partial charge is 0.466 e. The highest BCUT2D eigenvalue weighted by Crippen LogP contribution is 2.31. The van der Waals surface area contributed by atoms with Gasteiger partial charge < -0.3 is 9.30 Å². The summed E-state index contributed by atoms with van der Waals surface area (Å²) >= 11 is 3.71. The number of allylic oxidation sites excluding steroid dienone is 1. The van der Waals surface area contributed by atoms with Crippen LogP contribution in [0.1, 0.15) is 47.5 Å². The molecule has 38 heavy (non-hydrogen) atoms. The van der Waals surface area contributed by atoms with Crippen molar-refractivity contribution in [3.63, 3.8) is 0 Å². The zero-order valence-corrected chi connectivity index (χ0v) is 24.9. The van der Waals surface area contributed by atoms with E-state index in [2.05, 4.69) is 72.2 Å². The fraction of sp³-hybridized carbons (Fsp3) is 0.233. The Morgan fingerprint density at radius 1 is 1.13 bits per heavy atom. The normalized spacial score (nSPS) is 15.4. The zero-order valence-electron chi connectivity index (χ0n) is 21.9. The Labute approximate surface area is 238 Å². The lowest BCUT2D eigenvalue weighted by Crippen LogP contribution is -2.40. The van der Waals surface area contributed by atoms with E-state index in [0.29, 0.717) is 27.0 Å². The first-order chi connectivity index (χ1) is 18.2. The molecule has 0 amide bonds. The van der Waals surface area contributed by atoms with E-state index in [0.717, 1.165) is 28.2 Å². The van der Waals surface area contributed by atoms with Gasteiger partial charge in [0.25, 0.3) is 5.56 Å². The molecule has 0 bridgehead atoms. The number of benzene rings is 2. The maximum Gasteiger partial charge on any atom is 0.338 e. The van der Waals surface area contributed by atoms with Crippen molar-refractivity contribution in [3.05, 3.63) is 117 Å². The Balaban J connectivity index is 1.71. The van der Waals surface area contributed by atoms with Crippen LogP contribution in [0.3, 0.4) is 0 Å². The SMILES string of the molecule is CCC1=C(C(=O)OC)[C@H](c2ccccc2)n2c(s/c(=C/c3cc(C)n(-c4ccc(C)c(I)c4)c3C)c2=O)=N1. The highest BCUT2D eigenvalue weighted by atomic mass is 127. The van der Waals surface area contributed by atoms with Gasteiger partial charge in [-0.05, 0) is 90.7 Å². The number of fused-ring (bicyclic) bond motifs is 1. The summed E-state index contributed by atoms with van der Waals surface area (Å²) < 4.78 is 10.8. The third kappa shape index (κ3) is 4.49. The number of nitrogens with zero attached hydrogens (tertiary/aromatic N) is 3. The number of carbonyl (C=O) groups excluding carboxylic acids is 1. The van der Waals surface area contributed by atoms with Gasteiger partial charge >= 0.3 is 5.97 Å². The van der Waals surface area contributed by atoms with Gasteiger partial charge in [-0.1, -0.05) is 54.7 Å². The first-order valence-electron chi connectivity index (χ1n) is 12.4. The summed E-state index contributed by atoms with van der Waals surface area (Å²) in [7, 11) is 1.36. The molecule has 5 rings (SSSR count). The second-order valence-electron chi connectivity index (χ2n) is 9.29. The summed E-state index contributed by atoms with van der Waals surface area (Å²) in [5, 5.41) is 0. The number of hydrogen-bond acceptors (Lipinski definition) is 5. The fourth-order valence-corrected chi connectivity index (χ4v) is 6.52. The number of thiazole rings is 1. The van der Waals surface area contributed by atoms with Gasteiger partial charge in [-0.25, -0.2) is 9.79 Å². The summed E-state index contributed by atoms with van der Waals surface area (Å²) in [5.74, 6) is -0.468. The molecule has 1 aliphatic rings. The molecule has 0 unspecified atom stereocenters. The second-order valence-corrected chi connectivity index (χ2v) is 11.5. The Morgan fingerprint density at radius 3 is 2.53 bits per heavy atom. The van der Waals surface area contributed by atoms with Crippen molar-refractivity contribution in [2.45, 2.75) is 40.2 Å². The predicted molar refractivity (Wildman–Crippen MR) is 160 cm³/mol. The molecule has 4 aromatic rings. The molecule has 0 spiro atoms. The minimum atomic E-state index is -0.598. The lowest BCUT2D eigenvalue weighted by molar-refractivity contribution is -0.136. The van der Waals surface area contributed by atoms with Crippen LogP contribution in [0.25, 0.3) is 11.8 Å². The highest BCUT2D eigenvalue weighted by molar-refractivity contribution is 14.1. The zero-order chi connectivity index (χ0) is 27.1. The van der Waals surface area contributed by atoms with Crippen molar-refractivity contribution in [2.75, 3.05) is 7.11 Å². The minimum absolute atomic E-state index is 0.172. The summed E-state index contributed by atoms with van der Waals surface area (Å²) in [6.45, 7) is 8.20. The molecule has 2 aromatic carbocycles. The van der Waals surface area contributed by atoms with Crippen LogP contribution < -0.4 is 14.9 Å². The molecule has 2 aromatic heterocycles. The first kappa shape index (κ1) is 26.4. The van der Waals surface area contributed by atoms with Crippen molar-refractivity contribution < 1.29 is 9.53 Å². The predicted octanol–water partition coefficient (Wildman–Crippen LogP) is 5.12. The van der Waals surface area contributed by atoms with Crippen LogP contribution in [0, 0.1) is 24.3 Å². The first-order valence-corrected chi connectivity index (χ1v) is 14.3. The van der Waals surface area contributed by atoms with E-state index >= 15 is 0 Å². The third-order valence-corrected chi connectivity index (χ3v) is 9.08. The Morgan fingerprint density at radius 2 is 1.87 bits per heavy atom. The van der Waals surface area contributed by atoms with Gasteiger partial charge in [0.2, 0.25) is 0 Å². The smallest absolute Gasteiger partial charge is 0.338 e. The van der Waals surface area contributed by atoms with Gasteiger partial charge in [-0.2, -0.15) is 0 Å². The molecule has 3 heterocycles. The van der Waals surface area contributed by atoms with Crippen LogP contribution in [0.2, 0.25) is 0 Å². The number of methoxy groups -OCH3 is 1. The molecule has 0 fully saturated rings. The number of carbonyl (C=O) groups is 1. The Kier molecular flexibility index (Phi) is 7.28. The average Bonchev–Trinajstić information content (AvgIpc) is 3.38. The van der Waals surface area contributed by atoms with E-state index < -0.39 is 12.0 Å². The molecule has 0 saturated carbocycles. The maximum absolute atomic E-state index is 13.9. The van der Waals surface area contributed by atoms with Crippen molar-refractivity contribution in [3.8, 4) is 5.69 Å². The molecule has 1 atom stereocenters. The van der Waals surface area contributed by atoms with Crippen LogP contribution in [0.15, 0.2) is 75.7 Å². The lowest BCUT2D eigenvalue weighted by Gasteiger charge is -2.25. The number of aromatic nitrogens is 2. The number of halogens is 1. The molecule has 0 N–H and O–H groups in total. The highest BCUT2D eigenvalue weighted by Gasteiger charge is 2.33. The minimum Gasteiger partial charge on any atom is -0.466 e. The van der Waals surface area contributed by atoms with Crippen LogP contribution in [-0.2, 0) is 9.53 Å². The summed E-state index contributed by atoms with van der Waals surface area (Å²) in [4.78, 5) is 32.2. The van der Waals surface area contributed by atoms with Crippen molar-refractivity contribution in [2.24, 2.45) is 4.99 Å². The maximum atomic E-state index is 13.9. The average molecular weight is 638 g/mol. The third-order valence-electron chi connectivity index (χ3n) is 6.94. The van der Waals surface area contributed by atoms with Crippen molar-refractivity contribution in [1.29, 1.82) is 0 Å². The topological polar surface area (TPSA) is 65.6 Å². The van der Waals surface area contributed by atoms with E-state index in [-0.39, 0.29) is 5.56 Å². The second kappa shape index (κ2) is 10.5. The van der Waals surface area contributed by atoms with Crippen LogP contribution in [-0.4, -0.2) is 22.2 Å². The fourth-order valence-electron chi connectivity index (χ4n) is 5.01. The molecule has 8 heteroatoms. The van der Waals surface area contributed by atoms with Gasteiger partial charge in [-0.3, -0.25) is 9.36 Å². The summed E-state index contributed by atoms with van der Waals surface area (Å²) in [6.07, 6.45) is 2.49. The number of esters is 1. The lowest BCUT2D eigenvalue weighted by atomic mass is 9.95. The van der Waals surface area contributed by atoms with E-state index in [1.807, 2.05) is 43.3 Å². The van der Waals surface area contributed by atoms with E-state index in [9.17, 15) is 9.59 Å². The van der Waals surface area contributed by atoms with Gasteiger partial charge in [-0.15, -0.1) is 0 Å². The van der Waals surface area contributed by atoms with Gasteiger partial charge in [0, 0.05) is 20.6 Å². The van der Waals surface area contributed by atoms with Crippen LogP contribution in [0.5, 0.6) is 0 Å². The molecular formula is C30H28IN3O3S. The standard InChI is InChI=1S/C30H28IN3O3S/c1-6-24-26(29(36)37-5)27(20-10-8-7-9-11-20)34-28(35)25(38-30(34)32-24)15-21-14-18(3)33(19(21)4)22-13-12-17(2)23(31)16-22/h7-16,27H,6H2,1-5H3/b25-15+/t27-/m0/s1. The number of ether oxygens (including phenoxy) is 1. The molecule has 0 radical (unpaired) electrons. The van der Waals surface area contributed by atoms with Crippen LogP contribution in [0.4, 0.5) is 0 Å². The molecule has 0 saturated heterocycles. The van der Waals surface area contributed by atoms with Crippen molar-refractivity contribution >= 4 is 46.0 Å². The molecule has 1 aliphatic heterocycles. The summed E-state index contributed by atoms with van der Waals surface area (Å²) in [5.41, 5.74) is 7.17. The number of aryl methyl sites for hydroxylation is 2. The summed E-state index contributed by atoms with van der Waals surface area (Å²) in [6, 6.07) is 17.5. The van der Waals surface area contributed by atoms with E-state index in [1.54, 1.807) is 4.57 Å². The Hall–Kier alpha value is -3.24. The molecule has 0 aliphatic carbocycles. The van der Waals surface area contributed by atoms with Gasteiger partial charge in [0.15, 0.2) is 4.80 Å². The Bertz CT molecular complexity index is 1780. The van der Waals surface area contributed by atoms with Gasteiger partial charge in [0.1, 0.15) is 0 Å². The molecular weight excluding hydrogens is 609 g/mol. The molecule has 194 valence electrons. The van der Waals surface area contributed by atoms with E-state index in [1.165, 1.54) is 27.6 Å². The van der Waals surface area contributed by atoms with Crippen molar-refractivity contribution in [1.82, 2.24) is 9.13 Å².